The van der Waals surface area contributed by atoms with Crippen molar-refractivity contribution in [2.75, 3.05) is 27.0 Å². The number of carbonyl (C=O) groups excluding carboxylic acids is 1. The fourth-order valence-corrected chi connectivity index (χ4v) is 2.45. The molecule has 0 N–H and O–H groups in total. The normalized spacial score (nSPS) is 16.9. The molecule has 0 radical (unpaired) electrons. The van der Waals surface area contributed by atoms with Crippen molar-refractivity contribution in [3.63, 3.8) is 0 Å². The molecule has 0 aliphatic carbocycles. The molecule has 1 amide bonds. The van der Waals surface area contributed by atoms with Gasteiger partial charge < -0.3 is 19.1 Å². The second kappa shape index (κ2) is 5.45. The molecule has 1 aromatic carbocycles. The van der Waals surface area contributed by atoms with Crippen LogP contribution in [0.1, 0.15) is 18.4 Å². The molecule has 0 unspecified atom stereocenters. The van der Waals surface area contributed by atoms with Gasteiger partial charge in [-0.3, -0.25) is 4.79 Å². The Morgan fingerprint density at radius 1 is 1.25 bits per heavy atom. The lowest BCUT2D eigenvalue weighted by Gasteiger charge is -2.12. The largest absolute Gasteiger partial charge is 0.496 e. The van der Waals surface area contributed by atoms with E-state index in [2.05, 4.69) is 0 Å². The second-order valence-corrected chi connectivity index (χ2v) is 4.81. The van der Waals surface area contributed by atoms with Crippen LogP contribution in [0, 0.1) is 0 Å². The number of hydrogen-bond acceptors (Lipinski definition) is 4. The first-order valence-electron chi connectivity index (χ1n) is 6.72. The van der Waals surface area contributed by atoms with E-state index in [1.807, 2.05) is 11.0 Å². The number of methoxy groups -OCH3 is 1. The number of hydrogen-bond donors (Lipinski definition) is 0. The van der Waals surface area contributed by atoms with E-state index in [0.29, 0.717) is 17.2 Å². The first-order valence-corrected chi connectivity index (χ1v) is 6.72. The number of benzene rings is 1. The Hall–Kier alpha value is -2.17. The fraction of sp³-hybridized carbons (Fsp3) is 0.400. The summed E-state index contributed by atoms with van der Waals surface area (Å²) >= 11 is 0. The number of rotatable bonds is 3. The predicted octanol–water partition coefficient (Wildman–Crippen LogP) is 2.06. The van der Waals surface area contributed by atoms with E-state index in [9.17, 15) is 4.79 Å². The van der Waals surface area contributed by atoms with Crippen molar-refractivity contribution in [2.24, 2.45) is 0 Å². The van der Waals surface area contributed by atoms with Crippen molar-refractivity contribution in [2.45, 2.75) is 12.8 Å². The minimum absolute atomic E-state index is 0.0437. The Bertz CT molecular complexity index is 547. The maximum Gasteiger partial charge on any atom is 0.246 e. The number of carbonyl (C=O) groups is 1. The van der Waals surface area contributed by atoms with Crippen LogP contribution in [-0.4, -0.2) is 37.8 Å². The summed E-state index contributed by atoms with van der Waals surface area (Å²) in [5, 5.41) is 0. The Balaban J connectivity index is 1.80. The van der Waals surface area contributed by atoms with Crippen LogP contribution < -0.4 is 14.2 Å². The van der Waals surface area contributed by atoms with Crippen molar-refractivity contribution in [3.05, 3.63) is 23.8 Å². The highest BCUT2D eigenvalue weighted by Crippen LogP contribution is 2.38. The van der Waals surface area contributed by atoms with Gasteiger partial charge in [-0.2, -0.15) is 0 Å². The molecule has 20 heavy (non-hydrogen) atoms. The highest BCUT2D eigenvalue weighted by Gasteiger charge is 2.18. The summed E-state index contributed by atoms with van der Waals surface area (Å²) in [5.74, 6) is 2.06. The van der Waals surface area contributed by atoms with Gasteiger partial charge in [0.2, 0.25) is 12.7 Å². The molecule has 2 heterocycles. The summed E-state index contributed by atoms with van der Waals surface area (Å²) < 4.78 is 16.0. The highest BCUT2D eigenvalue weighted by atomic mass is 16.7. The highest BCUT2D eigenvalue weighted by molar-refractivity contribution is 5.92. The molecule has 3 rings (SSSR count). The third-order valence-electron chi connectivity index (χ3n) is 3.55. The molecule has 1 saturated heterocycles. The average Bonchev–Trinajstić information content (AvgIpc) is 3.13. The average molecular weight is 275 g/mol. The first-order chi connectivity index (χ1) is 9.78. The summed E-state index contributed by atoms with van der Waals surface area (Å²) in [4.78, 5) is 13.9. The van der Waals surface area contributed by atoms with Crippen LogP contribution in [0.5, 0.6) is 17.2 Å². The van der Waals surface area contributed by atoms with Gasteiger partial charge in [0.15, 0.2) is 11.5 Å². The molecule has 5 nitrogen and oxygen atoms in total. The molecule has 1 aromatic rings. The SMILES string of the molecule is COc1cc2c(cc1/C=C\C(=O)N1CCCC1)OCO2. The smallest absolute Gasteiger partial charge is 0.246 e. The van der Waals surface area contributed by atoms with Crippen molar-refractivity contribution in [3.8, 4) is 17.2 Å². The van der Waals surface area contributed by atoms with E-state index in [1.54, 1.807) is 25.3 Å². The zero-order chi connectivity index (χ0) is 13.9. The Morgan fingerprint density at radius 3 is 2.65 bits per heavy atom. The van der Waals surface area contributed by atoms with Gasteiger partial charge in [-0.25, -0.2) is 0 Å². The number of likely N-dealkylation sites (tertiary alicyclic amines) is 1. The minimum atomic E-state index is 0.0437. The first kappa shape index (κ1) is 12.8. The van der Waals surface area contributed by atoms with Gasteiger partial charge in [0.05, 0.1) is 7.11 Å². The Kier molecular flexibility index (Phi) is 3.50. The van der Waals surface area contributed by atoms with Crippen molar-refractivity contribution < 1.29 is 19.0 Å². The predicted molar refractivity (Wildman–Crippen MR) is 74.0 cm³/mol. The molecule has 0 aromatic heterocycles. The Morgan fingerprint density at radius 2 is 1.95 bits per heavy atom. The van der Waals surface area contributed by atoms with Gasteiger partial charge in [-0.1, -0.05) is 0 Å². The zero-order valence-corrected chi connectivity index (χ0v) is 11.4. The van der Waals surface area contributed by atoms with Crippen molar-refractivity contribution >= 4 is 12.0 Å². The van der Waals surface area contributed by atoms with Gasteiger partial charge in [-0.05, 0) is 25.0 Å². The van der Waals surface area contributed by atoms with E-state index >= 15 is 0 Å². The molecule has 106 valence electrons. The summed E-state index contributed by atoms with van der Waals surface area (Å²) in [6.45, 7) is 1.92. The van der Waals surface area contributed by atoms with Gasteiger partial charge in [-0.15, -0.1) is 0 Å². The summed E-state index contributed by atoms with van der Waals surface area (Å²) in [6.07, 6.45) is 5.53. The van der Waals surface area contributed by atoms with Crippen molar-refractivity contribution in [1.82, 2.24) is 4.90 Å². The third kappa shape index (κ3) is 2.43. The maximum absolute atomic E-state index is 12.0. The van der Waals surface area contributed by atoms with Gasteiger partial charge in [0.25, 0.3) is 0 Å². The molecule has 2 aliphatic rings. The Labute approximate surface area is 117 Å². The fourth-order valence-electron chi connectivity index (χ4n) is 2.45. The molecule has 5 heteroatoms. The second-order valence-electron chi connectivity index (χ2n) is 4.81. The van der Waals surface area contributed by atoms with E-state index < -0.39 is 0 Å². The minimum Gasteiger partial charge on any atom is -0.496 e. The lowest BCUT2D eigenvalue weighted by atomic mass is 10.1. The number of ether oxygens (including phenoxy) is 3. The van der Waals surface area contributed by atoms with Gasteiger partial charge in [0, 0.05) is 30.8 Å². The molecule has 0 saturated carbocycles. The third-order valence-corrected chi connectivity index (χ3v) is 3.55. The van der Waals surface area contributed by atoms with Crippen LogP contribution >= 0.6 is 0 Å². The lowest BCUT2D eigenvalue weighted by Crippen LogP contribution is -2.25. The summed E-state index contributed by atoms with van der Waals surface area (Å²) in [5.41, 5.74) is 0.810. The van der Waals surface area contributed by atoms with Crippen molar-refractivity contribution in [1.29, 1.82) is 0 Å². The van der Waals surface area contributed by atoms with Crippen LogP contribution in [0.4, 0.5) is 0 Å². The van der Waals surface area contributed by atoms with Crippen LogP contribution in [-0.2, 0) is 4.79 Å². The maximum atomic E-state index is 12.0. The topological polar surface area (TPSA) is 48.0 Å². The van der Waals surface area contributed by atoms with Crippen LogP contribution in [0.15, 0.2) is 18.2 Å². The summed E-state index contributed by atoms with van der Waals surface area (Å²) in [6, 6.07) is 3.61. The summed E-state index contributed by atoms with van der Waals surface area (Å²) in [7, 11) is 1.59. The van der Waals surface area contributed by atoms with E-state index in [1.165, 1.54) is 0 Å². The lowest BCUT2D eigenvalue weighted by molar-refractivity contribution is -0.124. The molecule has 1 fully saturated rings. The number of nitrogens with zero attached hydrogens (tertiary/aromatic N) is 1. The van der Waals surface area contributed by atoms with Crippen LogP contribution in [0.25, 0.3) is 6.08 Å². The molecule has 2 aliphatic heterocycles. The van der Waals surface area contributed by atoms with E-state index in [0.717, 1.165) is 31.5 Å². The van der Waals surface area contributed by atoms with E-state index in [-0.39, 0.29) is 12.7 Å². The van der Waals surface area contributed by atoms with Crippen LogP contribution in [0.2, 0.25) is 0 Å². The van der Waals surface area contributed by atoms with Crippen LogP contribution in [0.3, 0.4) is 0 Å². The number of amides is 1. The standard InChI is InChI=1S/C15H17NO4/c1-18-12-9-14-13(19-10-20-14)8-11(12)4-5-15(17)16-6-2-3-7-16/h4-5,8-9H,2-3,6-7,10H2,1H3/b5-4-. The zero-order valence-electron chi connectivity index (χ0n) is 11.4. The monoisotopic (exact) mass is 275 g/mol. The van der Waals surface area contributed by atoms with Gasteiger partial charge >= 0.3 is 0 Å². The van der Waals surface area contributed by atoms with Gasteiger partial charge in [0.1, 0.15) is 5.75 Å². The quantitative estimate of drug-likeness (QED) is 0.792. The molecule has 0 bridgehead atoms. The van der Waals surface area contributed by atoms with E-state index in [4.69, 9.17) is 14.2 Å². The molecule has 0 atom stereocenters. The molecular weight excluding hydrogens is 258 g/mol. The number of fused-ring (bicyclic) bond motifs is 1. The molecule has 0 spiro atoms. The molecular formula is C15H17NO4.